The van der Waals surface area contributed by atoms with Crippen LogP contribution in [0.1, 0.15) is 6.42 Å². The predicted octanol–water partition coefficient (Wildman–Crippen LogP) is 0.561. The molecule has 0 fully saturated rings. The summed E-state index contributed by atoms with van der Waals surface area (Å²) in [5.41, 5.74) is 0.0130. The van der Waals surface area contributed by atoms with Crippen molar-refractivity contribution >= 4 is 14.8 Å². The molecule has 0 aliphatic rings. The van der Waals surface area contributed by atoms with E-state index in [1.54, 1.807) is 0 Å². The minimum absolute atomic E-state index is 0.0130. The van der Waals surface area contributed by atoms with Gasteiger partial charge in [0.15, 0.2) is 5.52 Å². The van der Waals surface area contributed by atoms with E-state index in [0.29, 0.717) is 19.6 Å². The van der Waals surface area contributed by atoms with E-state index in [1.807, 2.05) is 0 Å². The van der Waals surface area contributed by atoms with Gasteiger partial charge in [0.25, 0.3) is 0 Å². The fraction of sp³-hybridized carbons (Fsp3) is 0.800. The third-order valence-corrected chi connectivity index (χ3v) is 1.11. The Labute approximate surface area is 61.5 Å². The predicted molar refractivity (Wildman–Crippen MR) is 40.8 cm³/mol. The van der Waals surface area contributed by atoms with Crippen LogP contribution < -0.4 is 0 Å². The van der Waals surface area contributed by atoms with E-state index in [-0.39, 0.29) is 12.1 Å². The van der Waals surface area contributed by atoms with E-state index in [4.69, 9.17) is 4.74 Å². The molecule has 0 spiro atoms. The number of hydrogen-bond acceptors (Lipinski definition) is 4. The number of hydrogen-bond donors (Lipinski definition) is 0. The average Bonchev–Trinajstić information content (AvgIpc) is 1.87. The topological polar surface area (TPSA) is 55.7 Å². The lowest BCUT2D eigenvalue weighted by Crippen LogP contribution is -2.01. The number of carbonyl (C=O) groups is 1. The van der Waals surface area contributed by atoms with Crippen molar-refractivity contribution in [1.82, 2.24) is 0 Å². The van der Waals surface area contributed by atoms with Gasteiger partial charge in [-0.05, 0) is 0 Å². The van der Waals surface area contributed by atoms with Crippen molar-refractivity contribution in [3.8, 4) is 0 Å². The summed E-state index contributed by atoms with van der Waals surface area (Å²) in [4.78, 5) is 19.8. The van der Waals surface area contributed by atoms with Gasteiger partial charge in [-0.2, -0.15) is 4.91 Å². The normalized spacial score (nSPS) is 9.30. The molecular formula is C5H10NO3P. The van der Waals surface area contributed by atoms with E-state index >= 15 is 0 Å². The lowest BCUT2D eigenvalue weighted by atomic mass is 10.5. The van der Waals surface area contributed by atoms with Gasteiger partial charge in [0.1, 0.15) is 6.54 Å². The lowest BCUT2D eigenvalue weighted by Gasteiger charge is -1.96. The van der Waals surface area contributed by atoms with Crippen LogP contribution in [0.25, 0.3) is 0 Å². The second-order valence-corrected chi connectivity index (χ2v) is 2.33. The maximum Gasteiger partial charge on any atom is 0.150 e. The molecule has 0 N–H and O–H groups in total. The van der Waals surface area contributed by atoms with Crippen molar-refractivity contribution in [2.75, 3.05) is 19.8 Å². The van der Waals surface area contributed by atoms with Gasteiger partial charge in [0.2, 0.25) is 0 Å². The Hall–Kier alpha value is -0.340. The standard InChI is InChI=1S/C5H10NO3P/c7-5(10)1-3-9-4-2-6-8/h1-4,10H2. The van der Waals surface area contributed by atoms with Crippen LogP contribution in [0.15, 0.2) is 5.18 Å². The van der Waals surface area contributed by atoms with Crippen molar-refractivity contribution in [1.29, 1.82) is 0 Å². The highest BCUT2D eigenvalue weighted by Gasteiger charge is 1.92. The molecule has 5 heteroatoms. The summed E-state index contributed by atoms with van der Waals surface area (Å²) in [7, 11) is 2.05. The molecule has 0 rings (SSSR count). The van der Waals surface area contributed by atoms with Crippen LogP contribution >= 0.6 is 9.24 Å². The van der Waals surface area contributed by atoms with Crippen LogP contribution in [0.5, 0.6) is 0 Å². The van der Waals surface area contributed by atoms with Gasteiger partial charge in [0, 0.05) is 6.42 Å². The third kappa shape index (κ3) is 7.66. The minimum Gasteiger partial charge on any atom is -0.379 e. The molecule has 0 radical (unpaired) electrons. The summed E-state index contributed by atoms with van der Waals surface area (Å²) in [5, 5.41) is 2.59. The first kappa shape index (κ1) is 9.66. The maximum atomic E-state index is 10.3. The highest BCUT2D eigenvalue weighted by atomic mass is 31.0. The van der Waals surface area contributed by atoms with E-state index in [9.17, 15) is 9.70 Å². The molecule has 0 aliphatic carbocycles. The molecule has 1 unspecified atom stereocenters. The fourth-order valence-electron chi connectivity index (χ4n) is 0.377. The van der Waals surface area contributed by atoms with Gasteiger partial charge in [-0.1, -0.05) is 14.4 Å². The monoisotopic (exact) mass is 163 g/mol. The van der Waals surface area contributed by atoms with Crippen LogP contribution in [0.2, 0.25) is 0 Å². The highest BCUT2D eigenvalue weighted by molar-refractivity contribution is 7.40. The molecule has 0 amide bonds. The lowest BCUT2D eigenvalue weighted by molar-refractivity contribution is -0.112. The Morgan fingerprint density at radius 1 is 1.50 bits per heavy atom. The zero-order valence-electron chi connectivity index (χ0n) is 5.58. The SMILES string of the molecule is O=NCCOCCC(=O)P. The maximum absolute atomic E-state index is 10.3. The van der Waals surface area contributed by atoms with Crippen molar-refractivity contribution in [2.45, 2.75) is 6.42 Å². The van der Waals surface area contributed by atoms with Crippen molar-refractivity contribution < 1.29 is 9.53 Å². The summed E-state index contributed by atoms with van der Waals surface area (Å²) >= 11 is 0. The molecule has 0 aliphatic heterocycles. The Balaban J connectivity index is 2.90. The number of rotatable bonds is 6. The van der Waals surface area contributed by atoms with Gasteiger partial charge in [0.05, 0.1) is 13.2 Å². The Morgan fingerprint density at radius 3 is 2.70 bits per heavy atom. The molecule has 58 valence electrons. The number of nitrogens with zero attached hydrogens (tertiary/aromatic N) is 1. The van der Waals surface area contributed by atoms with Crippen LogP contribution in [-0.2, 0) is 9.53 Å². The highest BCUT2D eigenvalue weighted by Crippen LogP contribution is 1.91. The van der Waals surface area contributed by atoms with Crippen LogP contribution in [-0.4, -0.2) is 25.3 Å². The second-order valence-electron chi connectivity index (χ2n) is 1.68. The summed E-state index contributed by atoms with van der Waals surface area (Å²) < 4.78 is 4.86. The quantitative estimate of drug-likeness (QED) is 0.326. The molecule has 0 aromatic heterocycles. The first-order valence-electron chi connectivity index (χ1n) is 2.92. The minimum atomic E-state index is 0.0130. The molecule has 0 saturated heterocycles. The van der Waals surface area contributed by atoms with Gasteiger partial charge in [-0.25, -0.2) is 0 Å². The van der Waals surface area contributed by atoms with Gasteiger partial charge < -0.3 is 4.74 Å². The summed E-state index contributed by atoms with van der Waals surface area (Å²) in [5.74, 6) is 0. The molecule has 0 saturated carbocycles. The number of ether oxygens (including phenoxy) is 1. The summed E-state index contributed by atoms with van der Waals surface area (Å²) in [6.45, 7) is 0.838. The van der Waals surface area contributed by atoms with Crippen LogP contribution in [0.3, 0.4) is 0 Å². The zero-order valence-corrected chi connectivity index (χ0v) is 6.73. The molecule has 0 aromatic rings. The fourth-order valence-corrected chi connectivity index (χ4v) is 0.494. The zero-order chi connectivity index (χ0) is 7.82. The smallest absolute Gasteiger partial charge is 0.150 e. The van der Waals surface area contributed by atoms with Crippen LogP contribution in [0, 0.1) is 4.91 Å². The van der Waals surface area contributed by atoms with E-state index in [2.05, 4.69) is 14.4 Å². The van der Waals surface area contributed by atoms with Gasteiger partial charge in [-0.3, -0.25) is 4.79 Å². The van der Waals surface area contributed by atoms with Gasteiger partial charge >= 0.3 is 0 Å². The number of nitroso groups, excluding NO2 is 1. The summed E-state index contributed by atoms with van der Waals surface area (Å²) in [6, 6.07) is 0. The summed E-state index contributed by atoms with van der Waals surface area (Å²) in [6.07, 6.45) is 0.378. The van der Waals surface area contributed by atoms with Gasteiger partial charge in [-0.15, -0.1) is 0 Å². The Morgan fingerprint density at radius 2 is 2.20 bits per heavy atom. The third-order valence-electron chi connectivity index (χ3n) is 0.820. The van der Waals surface area contributed by atoms with E-state index < -0.39 is 0 Å². The molecule has 0 aromatic carbocycles. The van der Waals surface area contributed by atoms with Crippen LogP contribution in [0.4, 0.5) is 0 Å². The Kier molecular flexibility index (Phi) is 6.55. The largest absolute Gasteiger partial charge is 0.379 e. The first-order chi connectivity index (χ1) is 4.77. The second kappa shape index (κ2) is 6.78. The Bertz CT molecular complexity index is 117. The molecular weight excluding hydrogens is 153 g/mol. The molecule has 4 nitrogen and oxygen atoms in total. The first-order valence-corrected chi connectivity index (χ1v) is 3.50. The van der Waals surface area contributed by atoms with Crippen molar-refractivity contribution in [2.24, 2.45) is 5.18 Å². The van der Waals surface area contributed by atoms with E-state index in [0.717, 1.165) is 0 Å². The number of carbonyl (C=O) groups excluding carboxylic acids is 1. The average molecular weight is 163 g/mol. The molecule has 1 atom stereocenters. The van der Waals surface area contributed by atoms with Crippen molar-refractivity contribution in [3.05, 3.63) is 4.91 Å². The molecule has 0 heterocycles. The molecule has 10 heavy (non-hydrogen) atoms. The van der Waals surface area contributed by atoms with E-state index in [1.165, 1.54) is 0 Å². The molecule has 0 bridgehead atoms. The van der Waals surface area contributed by atoms with Crippen molar-refractivity contribution in [3.63, 3.8) is 0 Å².